The second kappa shape index (κ2) is 9.41. The van der Waals surface area contributed by atoms with Crippen molar-refractivity contribution in [1.29, 1.82) is 0 Å². The van der Waals surface area contributed by atoms with Gasteiger partial charge in [0, 0.05) is 37.1 Å². The molecule has 2 fully saturated rings. The molecule has 0 unspecified atom stereocenters. The molecule has 5 rings (SSSR count). The van der Waals surface area contributed by atoms with Gasteiger partial charge in [0.1, 0.15) is 0 Å². The van der Waals surface area contributed by atoms with E-state index in [2.05, 4.69) is 5.32 Å². The van der Waals surface area contributed by atoms with Crippen molar-refractivity contribution >= 4 is 44.0 Å². The van der Waals surface area contributed by atoms with Crippen LogP contribution >= 0.6 is 0 Å². The molecule has 2 heterocycles. The number of aryl methyl sites for hydroxylation is 1. The van der Waals surface area contributed by atoms with Crippen LogP contribution < -0.4 is 10.2 Å². The Bertz CT molecular complexity index is 1390. The number of anilines is 2. The fourth-order valence-corrected chi connectivity index (χ4v) is 6.06. The number of nitrogens with zero attached hydrogens (tertiary/aromatic N) is 2. The first-order valence-corrected chi connectivity index (χ1v) is 13.1. The van der Waals surface area contributed by atoms with Crippen LogP contribution in [0, 0.1) is 12.8 Å². The van der Waals surface area contributed by atoms with Gasteiger partial charge in [0.2, 0.25) is 21.8 Å². The van der Waals surface area contributed by atoms with Gasteiger partial charge in [-0.3, -0.25) is 9.59 Å². The number of hydrogen-bond acceptors (Lipinski definition) is 5. The van der Waals surface area contributed by atoms with E-state index in [1.165, 1.54) is 10.4 Å². The van der Waals surface area contributed by atoms with Crippen LogP contribution in [0.3, 0.4) is 0 Å². The van der Waals surface area contributed by atoms with Gasteiger partial charge in [-0.05, 0) is 36.1 Å². The summed E-state index contributed by atoms with van der Waals surface area (Å²) in [7, 11) is -3.69. The third kappa shape index (κ3) is 4.54. The molecule has 2 saturated heterocycles. The summed E-state index contributed by atoms with van der Waals surface area (Å²) in [6, 6.07) is 18.4. The first-order chi connectivity index (χ1) is 16.8. The third-order valence-corrected chi connectivity index (χ3v) is 8.52. The number of benzene rings is 3. The first-order valence-electron chi connectivity index (χ1n) is 11.6. The lowest BCUT2D eigenvalue weighted by molar-refractivity contribution is -0.122. The molecule has 1 atom stereocenters. The molecule has 0 saturated carbocycles. The molecule has 0 aromatic heterocycles. The lowest BCUT2D eigenvalue weighted by Crippen LogP contribution is -2.40. The van der Waals surface area contributed by atoms with Crippen LogP contribution in [0.4, 0.5) is 11.4 Å². The Hall–Kier alpha value is -3.27. The Balaban J connectivity index is 1.35. The topological polar surface area (TPSA) is 96.0 Å². The smallest absolute Gasteiger partial charge is 0.243 e. The maximum Gasteiger partial charge on any atom is 0.243 e. The van der Waals surface area contributed by atoms with E-state index in [0.717, 1.165) is 22.0 Å². The average Bonchev–Trinajstić information content (AvgIpc) is 3.27. The summed E-state index contributed by atoms with van der Waals surface area (Å²) >= 11 is 0. The van der Waals surface area contributed by atoms with E-state index in [1.807, 2.05) is 49.4 Å². The number of fused-ring (bicyclic) bond motifs is 1. The van der Waals surface area contributed by atoms with Crippen molar-refractivity contribution in [2.45, 2.75) is 18.2 Å². The number of sulfonamides is 1. The predicted octanol–water partition coefficient (Wildman–Crippen LogP) is 3.16. The monoisotopic (exact) mass is 493 g/mol. The van der Waals surface area contributed by atoms with E-state index in [9.17, 15) is 18.0 Å². The largest absolute Gasteiger partial charge is 0.379 e. The molecule has 9 heteroatoms. The summed E-state index contributed by atoms with van der Waals surface area (Å²) in [6.07, 6.45) is 0.0971. The van der Waals surface area contributed by atoms with Gasteiger partial charge >= 0.3 is 0 Å². The first kappa shape index (κ1) is 23.5. The highest BCUT2D eigenvalue weighted by Gasteiger charge is 2.36. The molecule has 2 aliphatic rings. The third-order valence-electron chi connectivity index (χ3n) is 6.63. The Morgan fingerprint density at radius 3 is 2.57 bits per heavy atom. The minimum Gasteiger partial charge on any atom is -0.379 e. The summed E-state index contributed by atoms with van der Waals surface area (Å²) in [5, 5.41) is 4.86. The molecule has 2 amide bonds. The standard InChI is InChI=1S/C26H27N3O5S/c1-18-9-10-21(35(32,33)28-11-13-34-14-12-28)16-23(18)27-26(31)20-15-25(30)29(17-20)24-8-4-6-19-5-2-3-7-22(19)24/h2-10,16,20H,11-15,17H2,1H3,(H,27,31)/t20-/m0/s1. The Kier molecular flexibility index (Phi) is 6.31. The molecule has 182 valence electrons. The number of carbonyl (C=O) groups is 2. The summed E-state index contributed by atoms with van der Waals surface area (Å²) in [6.45, 7) is 3.39. The Labute approximate surface area is 204 Å². The van der Waals surface area contributed by atoms with Gasteiger partial charge in [0.15, 0.2) is 0 Å². The van der Waals surface area contributed by atoms with Crippen molar-refractivity contribution in [3.8, 4) is 0 Å². The van der Waals surface area contributed by atoms with E-state index in [4.69, 9.17) is 4.74 Å². The van der Waals surface area contributed by atoms with Gasteiger partial charge in [-0.15, -0.1) is 0 Å². The molecule has 3 aromatic rings. The number of carbonyl (C=O) groups excluding carboxylic acids is 2. The molecule has 0 aliphatic carbocycles. The number of hydrogen-bond donors (Lipinski definition) is 1. The van der Waals surface area contributed by atoms with Crippen LogP contribution in [-0.2, 0) is 24.3 Å². The van der Waals surface area contributed by atoms with Gasteiger partial charge in [0.05, 0.1) is 29.7 Å². The van der Waals surface area contributed by atoms with E-state index < -0.39 is 15.9 Å². The zero-order valence-electron chi connectivity index (χ0n) is 19.4. The van der Waals surface area contributed by atoms with Crippen LogP contribution in [0.15, 0.2) is 65.6 Å². The van der Waals surface area contributed by atoms with Crippen molar-refractivity contribution in [2.24, 2.45) is 5.92 Å². The normalized spacial score (nSPS) is 19.3. The second-order valence-corrected chi connectivity index (χ2v) is 10.8. The van der Waals surface area contributed by atoms with Gasteiger partial charge in [0.25, 0.3) is 0 Å². The minimum atomic E-state index is -3.69. The average molecular weight is 494 g/mol. The highest BCUT2D eigenvalue weighted by Crippen LogP contribution is 2.32. The van der Waals surface area contributed by atoms with Crippen molar-refractivity contribution in [3.63, 3.8) is 0 Å². The molecular weight excluding hydrogens is 466 g/mol. The fraction of sp³-hybridized carbons (Fsp3) is 0.308. The van der Waals surface area contributed by atoms with E-state index in [-0.39, 0.29) is 29.7 Å². The van der Waals surface area contributed by atoms with Gasteiger partial charge in [-0.1, -0.05) is 42.5 Å². The molecule has 8 nitrogen and oxygen atoms in total. The van der Waals surface area contributed by atoms with Gasteiger partial charge in [-0.25, -0.2) is 8.42 Å². The molecule has 1 N–H and O–H groups in total. The van der Waals surface area contributed by atoms with Crippen molar-refractivity contribution in [2.75, 3.05) is 43.1 Å². The van der Waals surface area contributed by atoms with Gasteiger partial charge < -0.3 is 15.0 Å². The number of rotatable bonds is 5. The summed E-state index contributed by atoms with van der Waals surface area (Å²) < 4.78 is 32.8. The lowest BCUT2D eigenvalue weighted by atomic mass is 10.1. The van der Waals surface area contributed by atoms with Crippen molar-refractivity contribution in [1.82, 2.24) is 4.31 Å². The quantitative estimate of drug-likeness (QED) is 0.589. The number of nitrogens with one attached hydrogen (secondary N) is 1. The van der Waals surface area contributed by atoms with E-state index in [1.54, 1.807) is 17.0 Å². The molecule has 2 aliphatic heterocycles. The molecule has 3 aromatic carbocycles. The van der Waals surface area contributed by atoms with E-state index in [0.29, 0.717) is 32.0 Å². The highest BCUT2D eigenvalue weighted by molar-refractivity contribution is 7.89. The summed E-state index contributed by atoms with van der Waals surface area (Å²) in [5.74, 6) is -0.952. The van der Waals surface area contributed by atoms with Crippen LogP contribution in [-0.4, -0.2) is 57.4 Å². The fourth-order valence-electron chi connectivity index (χ4n) is 4.63. The van der Waals surface area contributed by atoms with Crippen LogP contribution in [0.1, 0.15) is 12.0 Å². The van der Waals surface area contributed by atoms with Crippen LogP contribution in [0.2, 0.25) is 0 Å². The van der Waals surface area contributed by atoms with E-state index >= 15 is 0 Å². The predicted molar refractivity (Wildman–Crippen MR) is 134 cm³/mol. The molecule has 35 heavy (non-hydrogen) atoms. The Morgan fingerprint density at radius 2 is 1.77 bits per heavy atom. The van der Waals surface area contributed by atoms with Crippen LogP contribution in [0.5, 0.6) is 0 Å². The summed E-state index contributed by atoms with van der Waals surface area (Å²) in [5.41, 5.74) is 1.97. The van der Waals surface area contributed by atoms with Crippen molar-refractivity contribution in [3.05, 3.63) is 66.2 Å². The molecular formula is C26H27N3O5S. The van der Waals surface area contributed by atoms with Crippen LogP contribution in [0.25, 0.3) is 10.8 Å². The maximum absolute atomic E-state index is 13.1. The zero-order chi connectivity index (χ0) is 24.6. The number of ether oxygens (including phenoxy) is 1. The number of morpholine rings is 1. The minimum absolute atomic E-state index is 0.0971. The molecule has 0 bridgehead atoms. The zero-order valence-corrected chi connectivity index (χ0v) is 20.3. The second-order valence-electron chi connectivity index (χ2n) is 8.89. The summed E-state index contributed by atoms with van der Waals surface area (Å²) in [4.78, 5) is 27.8. The Morgan fingerprint density at radius 1 is 1.03 bits per heavy atom. The van der Waals surface area contributed by atoms with Gasteiger partial charge in [-0.2, -0.15) is 4.31 Å². The SMILES string of the molecule is Cc1ccc(S(=O)(=O)N2CCOCC2)cc1NC(=O)[C@H]1CC(=O)N(c2cccc3ccccc23)C1. The highest BCUT2D eigenvalue weighted by atomic mass is 32.2. The van der Waals surface area contributed by atoms with Crippen molar-refractivity contribution < 1.29 is 22.7 Å². The molecule has 0 radical (unpaired) electrons. The lowest BCUT2D eigenvalue weighted by Gasteiger charge is -2.26. The maximum atomic E-state index is 13.1. The molecule has 0 spiro atoms. The number of amides is 2.